The minimum absolute atomic E-state index is 0.164. The zero-order valence-corrected chi connectivity index (χ0v) is 19.2. The predicted molar refractivity (Wildman–Crippen MR) is 127 cm³/mol. The highest BCUT2D eigenvalue weighted by atomic mass is 35.5. The van der Waals surface area contributed by atoms with Gasteiger partial charge in [-0.2, -0.15) is 0 Å². The lowest BCUT2D eigenvalue weighted by molar-refractivity contribution is -0.892. The van der Waals surface area contributed by atoms with E-state index in [9.17, 15) is 9.59 Å². The van der Waals surface area contributed by atoms with E-state index in [1.165, 1.54) is 4.90 Å². The molecule has 32 heavy (non-hydrogen) atoms. The number of H-pyrrole nitrogens is 1. The second-order valence-electron chi connectivity index (χ2n) is 7.73. The van der Waals surface area contributed by atoms with E-state index in [1.807, 2.05) is 24.3 Å². The molecule has 2 aromatic carbocycles. The molecule has 1 aliphatic heterocycles. The van der Waals surface area contributed by atoms with Crippen molar-refractivity contribution < 1.29 is 19.2 Å². The third kappa shape index (κ3) is 5.01. The molecule has 1 amide bonds. The molecular formula is C23H25Cl2N4O3+. The van der Waals surface area contributed by atoms with E-state index in [2.05, 4.69) is 15.2 Å². The zero-order valence-electron chi connectivity index (χ0n) is 17.7. The van der Waals surface area contributed by atoms with Gasteiger partial charge in [0.25, 0.3) is 5.91 Å². The lowest BCUT2D eigenvalue weighted by Crippen LogP contribution is -3.15. The Bertz CT molecular complexity index is 1140. The number of carbonyl (C=O) groups is 2. The minimum Gasteiger partial charge on any atom is -0.461 e. The second kappa shape index (κ2) is 9.81. The summed E-state index contributed by atoms with van der Waals surface area (Å²) in [6.07, 6.45) is 0. The van der Waals surface area contributed by atoms with Gasteiger partial charge < -0.3 is 24.8 Å². The number of quaternary nitrogens is 1. The maximum absolute atomic E-state index is 12.9. The van der Waals surface area contributed by atoms with E-state index >= 15 is 0 Å². The first-order valence-corrected chi connectivity index (χ1v) is 11.3. The topological polar surface area (TPSA) is 78.9 Å². The first-order valence-electron chi connectivity index (χ1n) is 10.6. The van der Waals surface area contributed by atoms with E-state index < -0.39 is 5.97 Å². The average Bonchev–Trinajstić information content (AvgIpc) is 3.12. The van der Waals surface area contributed by atoms with Gasteiger partial charge in [0.05, 0.1) is 38.5 Å². The highest BCUT2D eigenvalue weighted by Crippen LogP contribution is 2.30. The van der Waals surface area contributed by atoms with Gasteiger partial charge >= 0.3 is 5.97 Å². The van der Waals surface area contributed by atoms with Gasteiger partial charge in [-0.05, 0) is 43.3 Å². The summed E-state index contributed by atoms with van der Waals surface area (Å²) in [4.78, 5) is 31.8. The molecule has 1 fully saturated rings. The van der Waals surface area contributed by atoms with Crippen molar-refractivity contribution in [3.63, 3.8) is 0 Å². The number of nitrogens with one attached hydrogen (secondary N) is 3. The Hall–Kier alpha value is -2.74. The monoisotopic (exact) mass is 475 g/mol. The van der Waals surface area contributed by atoms with Crippen LogP contribution in [0.2, 0.25) is 10.0 Å². The molecule has 0 aliphatic carbocycles. The number of hydrogen-bond acceptors (Lipinski definition) is 4. The number of rotatable bonds is 6. The predicted octanol–water partition coefficient (Wildman–Crippen LogP) is 3.00. The molecule has 7 nitrogen and oxygen atoms in total. The number of ether oxygens (including phenoxy) is 1. The first kappa shape index (κ1) is 22.5. The van der Waals surface area contributed by atoms with Gasteiger partial charge in [-0.1, -0.05) is 29.3 Å². The highest BCUT2D eigenvalue weighted by Gasteiger charge is 2.25. The summed E-state index contributed by atoms with van der Waals surface area (Å²) in [5.41, 5.74) is 2.42. The summed E-state index contributed by atoms with van der Waals surface area (Å²) in [5.74, 6) is -0.680. The van der Waals surface area contributed by atoms with Crippen LogP contribution in [-0.4, -0.2) is 56.2 Å². The fourth-order valence-electron chi connectivity index (χ4n) is 3.99. The van der Waals surface area contributed by atoms with Gasteiger partial charge in [-0.15, -0.1) is 0 Å². The Morgan fingerprint density at radius 3 is 2.59 bits per heavy atom. The van der Waals surface area contributed by atoms with Crippen LogP contribution in [0.25, 0.3) is 10.9 Å². The number of carbonyl (C=O) groups excluding carboxylic acids is 2. The number of anilines is 2. The summed E-state index contributed by atoms with van der Waals surface area (Å²) < 4.78 is 5.15. The van der Waals surface area contributed by atoms with Crippen LogP contribution >= 0.6 is 23.2 Å². The number of piperazine rings is 1. The van der Waals surface area contributed by atoms with Gasteiger partial charge in [0.15, 0.2) is 6.54 Å². The molecule has 1 saturated heterocycles. The van der Waals surface area contributed by atoms with Crippen LogP contribution in [0, 0.1) is 0 Å². The molecule has 0 radical (unpaired) electrons. The fourth-order valence-corrected chi connectivity index (χ4v) is 4.35. The summed E-state index contributed by atoms with van der Waals surface area (Å²) in [7, 11) is 0. The average molecular weight is 476 g/mol. The molecule has 1 aromatic heterocycles. The van der Waals surface area contributed by atoms with Crippen LogP contribution in [0.15, 0.2) is 42.5 Å². The molecule has 0 spiro atoms. The molecule has 0 atom stereocenters. The van der Waals surface area contributed by atoms with E-state index in [0.717, 1.165) is 31.9 Å². The minimum atomic E-state index is -0.516. The Morgan fingerprint density at radius 2 is 1.88 bits per heavy atom. The normalized spacial score (nSPS) is 14.5. The first-order chi connectivity index (χ1) is 15.4. The Balaban J connectivity index is 1.43. The maximum atomic E-state index is 12.9. The number of aromatic amines is 1. The summed E-state index contributed by atoms with van der Waals surface area (Å²) in [6, 6.07) is 13.0. The molecular weight excluding hydrogens is 451 g/mol. The van der Waals surface area contributed by atoms with Gasteiger partial charge in [-0.3, -0.25) is 4.79 Å². The molecule has 0 unspecified atom stereocenters. The molecule has 3 N–H and O–H groups in total. The zero-order chi connectivity index (χ0) is 22.7. The Kier molecular flexibility index (Phi) is 6.89. The second-order valence-corrected chi connectivity index (χ2v) is 8.60. The lowest BCUT2D eigenvalue weighted by atomic mass is 10.2. The van der Waals surface area contributed by atoms with Crippen molar-refractivity contribution in [1.29, 1.82) is 0 Å². The smallest absolute Gasteiger partial charge is 0.356 e. The third-order valence-electron chi connectivity index (χ3n) is 5.56. The van der Waals surface area contributed by atoms with Crippen molar-refractivity contribution in [3.8, 4) is 0 Å². The maximum Gasteiger partial charge on any atom is 0.356 e. The summed E-state index contributed by atoms with van der Waals surface area (Å²) >= 11 is 12.3. The van der Waals surface area contributed by atoms with Crippen molar-refractivity contribution >= 4 is 57.4 Å². The van der Waals surface area contributed by atoms with Crippen LogP contribution in [0.4, 0.5) is 11.4 Å². The molecule has 2 heterocycles. The van der Waals surface area contributed by atoms with E-state index in [0.29, 0.717) is 33.2 Å². The Morgan fingerprint density at radius 1 is 1.12 bits per heavy atom. The van der Waals surface area contributed by atoms with E-state index in [-0.39, 0.29) is 18.2 Å². The number of nitrogens with zero attached hydrogens (tertiary/aromatic N) is 1. The number of halogens is 2. The van der Waals surface area contributed by atoms with Gasteiger partial charge in [0.2, 0.25) is 0 Å². The molecule has 4 rings (SSSR count). The number of esters is 1. The number of amides is 1. The third-order valence-corrected chi connectivity index (χ3v) is 6.03. The highest BCUT2D eigenvalue weighted by molar-refractivity contribution is 6.31. The van der Waals surface area contributed by atoms with E-state index in [4.69, 9.17) is 27.9 Å². The van der Waals surface area contributed by atoms with Crippen molar-refractivity contribution in [2.45, 2.75) is 6.92 Å². The number of hydrogen-bond donors (Lipinski definition) is 3. The molecule has 0 saturated carbocycles. The quantitative estimate of drug-likeness (QED) is 0.478. The summed E-state index contributed by atoms with van der Waals surface area (Å²) in [6.45, 7) is 5.60. The van der Waals surface area contributed by atoms with Crippen LogP contribution in [0.5, 0.6) is 0 Å². The summed E-state index contributed by atoms with van der Waals surface area (Å²) in [5, 5.41) is 4.83. The molecule has 0 bridgehead atoms. The van der Waals surface area contributed by atoms with Gasteiger partial charge in [-0.25, -0.2) is 4.79 Å². The molecule has 9 heteroatoms. The van der Waals surface area contributed by atoms with Crippen LogP contribution in [0.1, 0.15) is 17.4 Å². The van der Waals surface area contributed by atoms with Crippen LogP contribution < -0.4 is 15.1 Å². The van der Waals surface area contributed by atoms with Crippen molar-refractivity contribution in [3.05, 3.63) is 58.2 Å². The molecule has 1 aliphatic rings. The fraction of sp³-hybridized carbons (Fsp3) is 0.304. The van der Waals surface area contributed by atoms with Crippen LogP contribution in [0.3, 0.4) is 0 Å². The number of aromatic nitrogens is 1. The Labute approximate surface area is 196 Å². The van der Waals surface area contributed by atoms with E-state index in [1.54, 1.807) is 25.1 Å². The number of benzene rings is 2. The SMILES string of the molecule is CCOC(=O)c1[nH]c2ccc(Cl)cc2c1NC(=O)C[NH+]1CCN(c2cccc(Cl)c2)CC1. The molecule has 168 valence electrons. The molecule has 3 aromatic rings. The van der Waals surface area contributed by atoms with Gasteiger partial charge in [0.1, 0.15) is 5.69 Å². The van der Waals surface area contributed by atoms with Crippen molar-refractivity contribution in [1.82, 2.24) is 4.98 Å². The lowest BCUT2D eigenvalue weighted by Gasteiger charge is -2.33. The standard InChI is InChI=1S/C23H24Cl2N4O3/c1-2-32-23(31)22-21(18-13-16(25)6-7-19(18)26-22)27-20(30)14-28-8-10-29(11-9-28)17-5-3-4-15(24)12-17/h3-7,12-13,26H,2,8-11,14H2,1H3,(H,27,30)/p+1. The van der Waals surface area contributed by atoms with Crippen molar-refractivity contribution in [2.24, 2.45) is 0 Å². The van der Waals surface area contributed by atoms with Crippen LogP contribution in [-0.2, 0) is 9.53 Å². The van der Waals surface area contributed by atoms with Crippen molar-refractivity contribution in [2.75, 3.05) is 49.5 Å². The number of fused-ring (bicyclic) bond motifs is 1. The van der Waals surface area contributed by atoms with Gasteiger partial charge in [0, 0.05) is 26.6 Å². The largest absolute Gasteiger partial charge is 0.461 e.